The molecule has 0 aliphatic carbocycles. The van der Waals surface area contributed by atoms with E-state index in [0.717, 1.165) is 48.4 Å². The van der Waals surface area contributed by atoms with Crippen LogP contribution in [0.5, 0.6) is 0 Å². The Morgan fingerprint density at radius 1 is 1.19 bits per heavy atom. The number of rotatable bonds is 6. The Kier molecular flexibility index (Phi) is 6.06. The number of nitrogens with zero attached hydrogens (tertiary/aromatic N) is 4. The first-order chi connectivity index (χ1) is 14.9. The van der Waals surface area contributed by atoms with Crippen LogP contribution in [0, 0.1) is 6.92 Å². The molecule has 1 aromatic carbocycles. The molecule has 0 radical (unpaired) electrons. The number of sulfonamides is 1. The molecule has 2 aromatic heterocycles. The second kappa shape index (κ2) is 8.76. The number of hydrogen-bond acceptors (Lipinski definition) is 5. The highest BCUT2D eigenvalue weighted by molar-refractivity contribution is 7.89. The molecule has 0 saturated carbocycles. The third kappa shape index (κ3) is 4.47. The van der Waals surface area contributed by atoms with E-state index >= 15 is 0 Å². The van der Waals surface area contributed by atoms with E-state index in [-0.39, 0.29) is 16.8 Å². The zero-order valence-corrected chi connectivity index (χ0v) is 18.6. The number of aromatic nitrogens is 3. The van der Waals surface area contributed by atoms with Gasteiger partial charge in [-0.05, 0) is 63.4 Å². The molecule has 0 bridgehead atoms. The average Bonchev–Trinajstić information content (AvgIpc) is 3.18. The average molecular weight is 442 g/mol. The molecule has 8 nitrogen and oxygen atoms in total. The Bertz CT molecular complexity index is 1190. The Hall–Kier alpha value is -2.78. The quantitative estimate of drug-likeness (QED) is 0.634. The fourth-order valence-corrected chi connectivity index (χ4v) is 4.90. The SMILES string of the molecule is CNS(=O)(=O)c1ccc(CCC(=O)N2CCCCC2c2ccnc3cc(C)nn23)cc1. The van der Waals surface area contributed by atoms with Gasteiger partial charge in [-0.2, -0.15) is 5.10 Å². The van der Waals surface area contributed by atoms with Crippen LogP contribution >= 0.6 is 0 Å². The van der Waals surface area contributed by atoms with E-state index in [9.17, 15) is 13.2 Å². The first-order valence-electron chi connectivity index (χ1n) is 10.5. The Morgan fingerprint density at radius 2 is 1.97 bits per heavy atom. The Balaban J connectivity index is 1.49. The van der Waals surface area contributed by atoms with Gasteiger partial charge in [0.1, 0.15) is 0 Å². The van der Waals surface area contributed by atoms with Gasteiger partial charge in [-0.15, -0.1) is 0 Å². The summed E-state index contributed by atoms with van der Waals surface area (Å²) in [5.74, 6) is 0.102. The van der Waals surface area contributed by atoms with Crippen molar-refractivity contribution in [2.75, 3.05) is 13.6 Å². The van der Waals surface area contributed by atoms with Crippen molar-refractivity contribution >= 4 is 21.6 Å². The van der Waals surface area contributed by atoms with Gasteiger partial charge >= 0.3 is 0 Å². The van der Waals surface area contributed by atoms with Crippen molar-refractivity contribution in [3.8, 4) is 0 Å². The van der Waals surface area contributed by atoms with E-state index in [4.69, 9.17) is 0 Å². The first kappa shape index (κ1) is 21.5. The number of nitrogens with one attached hydrogen (secondary N) is 1. The number of fused-ring (bicyclic) bond motifs is 1. The molecule has 1 N–H and O–H groups in total. The summed E-state index contributed by atoms with van der Waals surface area (Å²) in [6.07, 6.45) is 5.69. The fraction of sp³-hybridized carbons (Fsp3) is 0.409. The van der Waals surface area contributed by atoms with E-state index in [1.54, 1.807) is 30.5 Å². The molecule has 9 heteroatoms. The van der Waals surface area contributed by atoms with Gasteiger partial charge in [0, 0.05) is 25.2 Å². The van der Waals surface area contributed by atoms with E-state index in [0.29, 0.717) is 12.8 Å². The minimum absolute atomic E-state index is 0.0193. The lowest BCUT2D eigenvalue weighted by Crippen LogP contribution is -2.39. The molecule has 3 heterocycles. The highest BCUT2D eigenvalue weighted by atomic mass is 32.2. The lowest BCUT2D eigenvalue weighted by atomic mass is 9.98. The van der Waals surface area contributed by atoms with Crippen molar-refractivity contribution in [1.82, 2.24) is 24.2 Å². The summed E-state index contributed by atoms with van der Waals surface area (Å²) in [4.78, 5) is 19.7. The number of carbonyl (C=O) groups is 1. The minimum atomic E-state index is -3.46. The molecule has 31 heavy (non-hydrogen) atoms. The highest BCUT2D eigenvalue weighted by Crippen LogP contribution is 2.31. The first-order valence-corrected chi connectivity index (χ1v) is 12.0. The second-order valence-electron chi connectivity index (χ2n) is 7.88. The van der Waals surface area contributed by atoms with Gasteiger partial charge in [0.25, 0.3) is 0 Å². The molecule has 1 fully saturated rings. The summed E-state index contributed by atoms with van der Waals surface area (Å²) >= 11 is 0. The van der Waals surface area contributed by atoms with Gasteiger partial charge in [0.2, 0.25) is 15.9 Å². The van der Waals surface area contributed by atoms with Crippen LogP contribution in [-0.2, 0) is 21.2 Å². The Morgan fingerprint density at radius 3 is 2.71 bits per heavy atom. The summed E-state index contributed by atoms with van der Waals surface area (Å²) in [5.41, 5.74) is 3.63. The Labute approximate surface area is 182 Å². The van der Waals surface area contributed by atoms with Crippen LogP contribution in [0.25, 0.3) is 5.65 Å². The molecule has 4 rings (SSSR count). The van der Waals surface area contributed by atoms with Crippen LogP contribution < -0.4 is 4.72 Å². The zero-order chi connectivity index (χ0) is 22.0. The van der Waals surface area contributed by atoms with Crippen LogP contribution in [0.2, 0.25) is 0 Å². The third-order valence-electron chi connectivity index (χ3n) is 5.80. The molecule has 164 valence electrons. The summed E-state index contributed by atoms with van der Waals surface area (Å²) in [7, 11) is -2.07. The number of aryl methyl sites for hydroxylation is 2. The number of amides is 1. The normalized spacial score (nSPS) is 17.2. The summed E-state index contributed by atoms with van der Waals surface area (Å²) in [5, 5.41) is 4.57. The smallest absolute Gasteiger partial charge is 0.240 e. The standard InChI is InChI=1S/C22H27N5O3S/c1-16-15-21-24-13-12-20(27(21)25-16)19-5-3-4-14-26(19)22(28)11-8-17-6-9-18(10-7-17)31(29,30)23-2/h6-7,9-10,12-13,15,19,23H,3-5,8,11,14H2,1-2H3. The maximum atomic E-state index is 13.1. The van der Waals surface area contributed by atoms with E-state index in [2.05, 4.69) is 14.8 Å². The van der Waals surface area contributed by atoms with Crippen LogP contribution in [0.15, 0.2) is 47.5 Å². The predicted molar refractivity (Wildman–Crippen MR) is 117 cm³/mol. The molecular formula is C22H27N5O3S. The van der Waals surface area contributed by atoms with Gasteiger partial charge in [-0.1, -0.05) is 12.1 Å². The maximum Gasteiger partial charge on any atom is 0.240 e. The molecule has 1 aliphatic heterocycles. The van der Waals surface area contributed by atoms with Crippen molar-refractivity contribution in [3.05, 3.63) is 59.5 Å². The zero-order valence-electron chi connectivity index (χ0n) is 17.8. The van der Waals surface area contributed by atoms with Crippen LogP contribution in [0.4, 0.5) is 0 Å². The third-order valence-corrected chi connectivity index (χ3v) is 7.23. The van der Waals surface area contributed by atoms with Gasteiger partial charge < -0.3 is 4.90 Å². The largest absolute Gasteiger partial charge is 0.334 e. The van der Waals surface area contributed by atoms with E-state index < -0.39 is 10.0 Å². The van der Waals surface area contributed by atoms with Crippen molar-refractivity contribution in [2.24, 2.45) is 0 Å². The van der Waals surface area contributed by atoms with E-state index in [1.807, 2.05) is 28.5 Å². The highest BCUT2D eigenvalue weighted by Gasteiger charge is 2.29. The second-order valence-corrected chi connectivity index (χ2v) is 9.76. The molecular weight excluding hydrogens is 414 g/mol. The molecule has 1 atom stereocenters. The van der Waals surface area contributed by atoms with Gasteiger partial charge in [0.05, 0.1) is 22.3 Å². The molecule has 1 saturated heterocycles. The van der Waals surface area contributed by atoms with Crippen molar-refractivity contribution in [2.45, 2.75) is 50.0 Å². The molecule has 1 aliphatic rings. The van der Waals surface area contributed by atoms with Crippen molar-refractivity contribution < 1.29 is 13.2 Å². The topological polar surface area (TPSA) is 96.7 Å². The number of benzene rings is 1. The van der Waals surface area contributed by atoms with Crippen LogP contribution in [-0.4, -0.2) is 47.4 Å². The van der Waals surface area contributed by atoms with E-state index in [1.165, 1.54) is 7.05 Å². The van der Waals surface area contributed by atoms with Gasteiger partial charge in [0.15, 0.2) is 5.65 Å². The molecule has 0 spiro atoms. The number of hydrogen-bond donors (Lipinski definition) is 1. The monoisotopic (exact) mass is 441 g/mol. The fourth-order valence-electron chi connectivity index (χ4n) is 4.17. The van der Waals surface area contributed by atoms with Crippen LogP contribution in [0.1, 0.15) is 48.7 Å². The number of carbonyl (C=O) groups excluding carboxylic acids is 1. The van der Waals surface area contributed by atoms with Crippen LogP contribution in [0.3, 0.4) is 0 Å². The molecule has 3 aromatic rings. The summed E-state index contributed by atoms with van der Waals surface area (Å²) in [6, 6.07) is 10.6. The van der Waals surface area contributed by atoms with Gasteiger partial charge in [-0.25, -0.2) is 22.6 Å². The number of piperidine rings is 1. The minimum Gasteiger partial charge on any atom is -0.334 e. The lowest BCUT2D eigenvalue weighted by Gasteiger charge is -2.36. The maximum absolute atomic E-state index is 13.1. The predicted octanol–water partition coefficient (Wildman–Crippen LogP) is 2.63. The molecule has 1 amide bonds. The molecule has 1 unspecified atom stereocenters. The number of likely N-dealkylation sites (tertiary alicyclic amines) is 1. The summed E-state index contributed by atoms with van der Waals surface area (Å²) < 4.78 is 27.9. The lowest BCUT2D eigenvalue weighted by molar-refractivity contribution is -0.135. The van der Waals surface area contributed by atoms with Gasteiger partial charge in [-0.3, -0.25) is 4.79 Å². The summed E-state index contributed by atoms with van der Waals surface area (Å²) in [6.45, 7) is 2.67. The van der Waals surface area contributed by atoms with Crippen molar-refractivity contribution in [1.29, 1.82) is 0 Å². The van der Waals surface area contributed by atoms with Crippen molar-refractivity contribution in [3.63, 3.8) is 0 Å².